The van der Waals surface area contributed by atoms with Crippen molar-refractivity contribution >= 4 is 11.8 Å². The first-order chi connectivity index (χ1) is 13.1. The fourth-order valence-corrected chi connectivity index (χ4v) is 3.10. The Kier molecular flexibility index (Phi) is 6.21. The molecule has 0 amide bonds. The highest BCUT2D eigenvalue weighted by Gasteiger charge is 2.25. The van der Waals surface area contributed by atoms with Crippen molar-refractivity contribution in [2.75, 3.05) is 24.5 Å². The van der Waals surface area contributed by atoms with Gasteiger partial charge in [0.05, 0.1) is 6.54 Å². The van der Waals surface area contributed by atoms with Crippen molar-refractivity contribution < 1.29 is 8.78 Å². The number of hydrogen-bond acceptors (Lipinski definition) is 3. The third-order valence-electron chi connectivity index (χ3n) is 4.57. The molecule has 1 atom stereocenters. The minimum Gasteiger partial charge on any atom is -0.357 e. The molecule has 0 bridgehead atoms. The van der Waals surface area contributed by atoms with E-state index >= 15 is 0 Å². The molecule has 3 rings (SSSR count). The number of pyridine rings is 1. The number of aromatic nitrogens is 1. The quantitative estimate of drug-likeness (QED) is 0.625. The lowest BCUT2D eigenvalue weighted by Crippen LogP contribution is -2.44. The molecule has 7 heteroatoms. The Bertz CT molecular complexity index is 809. The lowest BCUT2D eigenvalue weighted by Gasteiger charge is -2.20. The monoisotopic (exact) mass is 373 g/mol. The van der Waals surface area contributed by atoms with E-state index < -0.39 is 0 Å². The van der Waals surface area contributed by atoms with E-state index in [4.69, 9.17) is 0 Å². The van der Waals surface area contributed by atoms with Crippen LogP contribution in [0, 0.1) is 18.6 Å². The van der Waals surface area contributed by atoms with Crippen LogP contribution in [0.1, 0.15) is 24.5 Å². The molecule has 2 aromatic rings. The summed E-state index contributed by atoms with van der Waals surface area (Å²) in [6.07, 6.45) is 2.46. The number of rotatable bonds is 5. The van der Waals surface area contributed by atoms with Crippen LogP contribution in [0.4, 0.5) is 14.6 Å². The second-order valence-electron chi connectivity index (χ2n) is 6.66. The van der Waals surface area contributed by atoms with Crippen molar-refractivity contribution in [1.82, 2.24) is 15.6 Å². The molecule has 2 heterocycles. The van der Waals surface area contributed by atoms with Crippen LogP contribution in [0.5, 0.6) is 0 Å². The fraction of sp³-hybridized carbons (Fsp3) is 0.400. The molecule has 1 saturated heterocycles. The van der Waals surface area contributed by atoms with Gasteiger partial charge in [0.15, 0.2) is 17.6 Å². The topological polar surface area (TPSA) is 52.6 Å². The van der Waals surface area contributed by atoms with Crippen LogP contribution in [-0.2, 0) is 6.54 Å². The zero-order chi connectivity index (χ0) is 19.2. The van der Waals surface area contributed by atoms with E-state index in [1.165, 1.54) is 12.1 Å². The zero-order valence-electron chi connectivity index (χ0n) is 15.7. The Labute approximate surface area is 158 Å². The standard InChI is InChI=1S/C20H25F2N5/c1-3-23-20(25-12-15-7-6-14(2)18(22)11-15)26-16-8-10-27(13-16)19-17(21)5-4-9-24-19/h4-7,9,11,16H,3,8,10,12-13H2,1-2H3,(H2,23,25,26). The normalized spacial score (nSPS) is 17.3. The molecular weight excluding hydrogens is 348 g/mol. The predicted octanol–water partition coefficient (Wildman–Crippen LogP) is 3.00. The van der Waals surface area contributed by atoms with E-state index in [-0.39, 0.29) is 17.7 Å². The van der Waals surface area contributed by atoms with Gasteiger partial charge in [0, 0.05) is 31.9 Å². The molecule has 1 aliphatic heterocycles. The highest BCUT2D eigenvalue weighted by molar-refractivity contribution is 5.80. The maximum atomic E-state index is 13.9. The molecule has 1 unspecified atom stereocenters. The largest absolute Gasteiger partial charge is 0.357 e. The second-order valence-corrected chi connectivity index (χ2v) is 6.66. The van der Waals surface area contributed by atoms with Crippen molar-refractivity contribution in [2.45, 2.75) is 32.9 Å². The molecule has 1 aromatic carbocycles. The van der Waals surface area contributed by atoms with Crippen LogP contribution in [0.25, 0.3) is 0 Å². The Morgan fingerprint density at radius 2 is 2.15 bits per heavy atom. The molecule has 0 radical (unpaired) electrons. The van der Waals surface area contributed by atoms with Gasteiger partial charge in [-0.3, -0.25) is 0 Å². The van der Waals surface area contributed by atoms with Crippen LogP contribution in [0.2, 0.25) is 0 Å². The van der Waals surface area contributed by atoms with Gasteiger partial charge in [0.25, 0.3) is 0 Å². The van der Waals surface area contributed by atoms with E-state index in [2.05, 4.69) is 20.6 Å². The van der Waals surface area contributed by atoms with Crippen LogP contribution in [-0.4, -0.2) is 36.6 Å². The third-order valence-corrected chi connectivity index (χ3v) is 4.57. The minimum absolute atomic E-state index is 0.138. The van der Waals surface area contributed by atoms with Gasteiger partial charge in [0.1, 0.15) is 5.82 Å². The summed E-state index contributed by atoms with van der Waals surface area (Å²) in [5, 5.41) is 6.59. The van der Waals surface area contributed by atoms with Gasteiger partial charge in [-0.05, 0) is 49.6 Å². The number of nitrogens with zero attached hydrogens (tertiary/aromatic N) is 3. The zero-order valence-corrected chi connectivity index (χ0v) is 15.7. The Balaban J connectivity index is 1.62. The van der Waals surface area contributed by atoms with Gasteiger partial charge < -0.3 is 15.5 Å². The summed E-state index contributed by atoms with van der Waals surface area (Å²) in [4.78, 5) is 10.6. The second kappa shape index (κ2) is 8.79. The first-order valence-electron chi connectivity index (χ1n) is 9.22. The van der Waals surface area contributed by atoms with Crippen LogP contribution < -0.4 is 15.5 Å². The number of nitrogens with one attached hydrogen (secondary N) is 2. The van der Waals surface area contributed by atoms with Gasteiger partial charge in [-0.15, -0.1) is 0 Å². The number of benzene rings is 1. The van der Waals surface area contributed by atoms with Crippen molar-refractivity contribution in [2.24, 2.45) is 4.99 Å². The van der Waals surface area contributed by atoms with Gasteiger partial charge in [0.2, 0.25) is 0 Å². The van der Waals surface area contributed by atoms with Crippen molar-refractivity contribution in [1.29, 1.82) is 0 Å². The SMILES string of the molecule is CCNC(=NCc1ccc(C)c(F)c1)NC1CCN(c2ncccc2F)C1. The average molecular weight is 373 g/mol. The number of anilines is 1. The van der Waals surface area contributed by atoms with Crippen LogP contribution in [0.15, 0.2) is 41.5 Å². The number of guanidine groups is 1. The van der Waals surface area contributed by atoms with E-state index in [1.54, 1.807) is 25.3 Å². The van der Waals surface area contributed by atoms with E-state index in [0.29, 0.717) is 30.4 Å². The first-order valence-corrected chi connectivity index (χ1v) is 9.22. The highest BCUT2D eigenvalue weighted by Crippen LogP contribution is 2.20. The summed E-state index contributed by atoms with van der Waals surface area (Å²) in [6, 6.07) is 8.32. The lowest BCUT2D eigenvalue weighted by molar-refractivity contribution is 0.612. The van der Waals surface area contributed by atoms with E-state index in [9.17, 15) is 8.78 Å². The molecular formula is C20H25F2N5. The average Bonchev–Trinajstić information content (AvgIpc) is 3.11. The first kappa shape index (κ1) is 19.1. The number of halogens is 2. The Hall–Kier alpha value is -2.70. The molecule has 27 heavy (non-hydrogen) atoms. The van der Waals surface area contributed by atoms with Crippen molar-refractivity contribution in [3.05, 3.63) is 59.3 Å². The van der Waals surface area contributed by atoms with Gasteiger partial charge >= 0.3 is 0 Å². The van der Waals surface area contributed by atoms with Crippen molar-refractivity contribution in [3.63, 3.8) is 0 Å². The van der Waals surface area contributed by atoms with Crippen molar-refractivity contribution in [3.8, 4) is 0 Å². The van der Waals surface area contributed by atoms with Crippen LogP contribution >= 0.6 is 0 Å². The molecule has 0 aliphatic carbocycles. The number of aryl methyl sites for hydroxylation is 1. The Morgan fingerprint density at radius 3 is 2.89 bits per heavy atom. The maximum Gasteiger partial charge on any atom is 0.191 e. The van der Waals surface area contributed by atoms with Gasteiger partial charge in [-0.25, -0.2) is 18.8 Å². The molecule has 144 valence electrons. The molecule has 1 aliphatic rings. The maximum absolute atomic E-state index is 13.9. The molecule has 1 fully saturated rings. The summed E-state index contributed by atoms with van der Waals surface area (Å²) in [6.45, 7) is 6.22. The van der Waals surface area contributed by atoms with Gasteiger partial charge in [-0.1, -0.05) is 12.1 Å². The summed E-state index contributed by atoms with van der Waals surface area (Å²) >= 11 is 0. The summed E-state index contributed by atoms with van der Waals surface area (Å²) in [5.74, 6) is 0.537. The molecule has 0 saturated carbocycles. The molecule has 0 spiro atoms. The smallest absolute Gasteiger partial charge is 0.191 e. The lowest BCUT2D eigenvalue weighted by atomic mass is 10.1. The summed E-state index contributed by atoms with van der Waals surface area (Å²) in [5.41, 5.74) is 1.44. The minimum atomic E-state index is -0.305. The Morgan fingerprint density at radius 1 is 1.30 bits per heavy atom. The van der Waals surface area contributed by atoms with Crippen LogP contribution in [0.3, 0.4) is 0 Å². The highest BCUT2D eigenvalue weighted by atomic mass is 19.1. The number of hydrogen-bond donors (Lipinski definition) is 2. The fourth-order valence-electron chi connectivity index (χ4n) is 3.10. The van der Waals surface area contributed by atoms with Gasteiger partial charge in [-0.2, -0.15) is 0 Å². The number of aliphatic imine (C=N–C) groups is 1. The summed E-state index contributed by atoms with van der Waals surface area (Å²) in [7, 11) is 0. The van der Waals surface area contributed by atoms with E-state index in [0.717, 1.165) is 25.1 Å². The summed E-state index contributed by atoms with van der Waals surface area (Å²) < 4.78 is 27.6. The predicted molar refractivity (Wildman–Crippen MR) is 104 cm³/mol. The molecule has 2 N–H and O–H groups in total. The van der Waals surface area contributed by atoms with E-state index in [1.807, 2.05) is 17.9 Å². The molecule has 1 aromatic heterocycles. The third kappa shape index (κ3) is 4.93. The molecule has 5 nitrogen and oxygen atoms in total.